The molecule has 0 atom stereocenters. The van der Waals surface area contributed by atoms with Crippen molar-refractivity contribution in [3.63, 3.8) is 0 Å². The molecule has 6 nitrogen and oxygen atoms in total. The second kappa shape index (κ2) is 9.63. The van der Waals surface area contributed by atoms with Crippen molar-refractivity contribution in [1.29, 1.82) is 5.41 Å². The van der Waals surface area contributed by atoms with Gasteiger partial charge in [-0.2, -0.15) is 0 Å². The van der Waals surface area contributed by atoms with Gasteiger partial charge in [0.25, 0.3) is 0 Å². The number of nitrogens with one attached hydrogen (secondary N) is 2. The number of rotatable bonds is 7. The summed E-state index contributed by atoms with van der Waals surface area (Å²) in [6, 6.07) is 8.53. The fraction of sp³-hybridized carbons (Fsp3) is 0.467. The molecule has 6 heteroatoms. The fourth-order valence-corrected chi connectivity index (χ4v) is 1.86. The number of hydrogen-bond donors (Lipinski definition) is 5. The van der Waals surface area contributed by atoms with Gasteiger partial charge < -0.3 is 22.5 Å². The van der Waals surface area contributed by atoms with Crippen molar-refractivity contribution in [2.24, 2.45) is 22.2 Å². The number of hydrogen-bond acceptors (Lipinski definition) is 2. The quantitative estimate of drug-likeness (QED) is 0.295. The Hall–Kier alpha value is -2.24. The summed E-state index contributed by atoms with van der Waals surface area (Å²) < 4.78 is 0. The predicted octanol–water partition coefficient (Wildman–Crippen LogP) is 0.894. The number of nitrogens with zero attached hydrogens (tertiary/aromatic N) is 1. The van der Waals surface area contributed by atoms with E-state index in [-0.39, 0.29) is 11.9 Å². The molecule has 1 aliphatic rings. The Bertz CT molecular complexity index is 444. The zero-order valence-electron chi connectivity index (χ0n) is 12.4. The van der Waals surface area contributed by atoms with Crippen LogP contribution in [0.4, 0.5) is 0 Å². The van der Waals surface area contributed by atoms with Crippen LogP contribution in [0.3, 0.4) is 0 Å². The van der Waals surface area contributed by atoms with E-state index in [2.05, 4.69) is 34.6 Å². The monoisotopic (exact) mass is 290 g/mol. The van der Waals surface area contributed by atoms with Crippen molar-refractivity contribution in [2.75, 3.05) is 13.1 Å². The zero-order chi connectivity index (χ0) is 15.5. The van der Waals surface area contributed by atoms with Crippen LogP contribution in [0.15, 0.2) is 29.3 Å². The summed E-state index contributed by atoms with van der Waals surface area (Å²) in [5.41, 5.74) is 18.5. The number of guanidine groups is 2. The van der Waals surface area contributed by atoms with Crippen LogP contribution in [0.5, 0.6) is 0 Å². The molecule has 0 fully saturated rings. The van der Waals surface area contributed by atoms with Crippen molar-refractivity contribution in [1.82, 2.24) is 5.32 Å². The normalized spacial score (nSPS) is 10.7. The molecule has 0 saturated carbocycles. The van der Waals surface area contributed by atoms with Gasteiger partial charge in [0.2, 0.25) is 0 Å². The highest BCUT2D eigenvalue weighted by atomic mass is 15.0. The Labute approximate surface area is 126 Å². The standard InChI is InChI=1S/C8H20N6.C7H6/c9-7(10)13-5-3-1-2-4-6-14-8(11)12;1-2-4-7-5-6(7)3-1/h1-6H2,(H4,9,10,13)(H4,11,12,14);1-4H,5H2. The molecule has 1 aromatic carbocycles. The van der Waals surface area contributed by atoms with Crippen molar-refractivity contribution < 1.29 is 0 Å². The third-order valence-electron chi connectivity index (χ3n) is 3.07. The van der Waals surface area contributed by atoms with Gasteiger partial charge in [0, 0.05) is 13.1 Å². The number of benzene rings is 1. The van der Waals surface area contributed by atoms with Crippen LogP contribution >= 0.6 is 0 Å². The van der Waals surface area contributed by atoms with Crippen LogP contribution in [0.25, 0.3) is 0 Å². The zero-order valence-corrected chi connectivity index (χ0v) is 12.4. The lowest BCUT2D eigenvalue weighted by atomic mass is 10.2. The molecule has 0 aromatic heterocycles. The van der Waals surface area contributed by atoms with Gasteiger partial charge in [-0.25, -0.2) is 0 Å². The third kappa shape index (κ3) is 9.32. The van der Waals surface area contributed by atoms with Crippen LogP contribution in [-0.4, -0.2) is 25.0 Å². The smallest absolute Gasteiger partial charge is 0.185 e. The first-order chi connectivity index (χ1) is 10.1. The molecule has 0 amide bonds. The Balaban J connectivity index is 0.000000255. The van der Waals surface area contributed by atoms with E-state index in [4.69, 9.17) is 22.6 Å². The van der Waals surface area contributed by atoms with Crippen LogP contribution in [0.2, 0.25) is 0 Å². The Kier molecular flexibility index (Phi) is 7.71. The minimum absolute atomic E-state index is 0.0329. The summed E-state index contributed by atoms with van der Waals surface area (Å²) in [4.78, 5) is 3.87. The second-order valence-corrected chi connectivity index (χ2v) is 5.01. The topological polar surface area (TPSA) is 126 Å². The van der Waals surface area contributed by atoms with Gasteiger partial charge in [-0.1, -0.05) is 37.1 Å². The van der Waals surface area contributed by atoms with Crippen LogP contribution in [-0.2, 0) is 6.42 Å². The number of nitrogens with two attached hydrogens (primary N) is 3. The Morgan fingerprint density at radius 3 is 2.19 bits per heavy atom. The highest BCUT2D eigenvalue weighted by Gasteiger charge is 2.12. The van der Waals surface area contributed by atoms with Crippen molar-refractivity contribution >= 4 is 11.9 Å². The molecule has 0 saturated heterocycles. The van der Waals surface area contributed by atoms with E-state index in [9.17, 15) is 0 Å². The first-order valence-corrected chi connectivity index (χ1v) is 7.29. The Morgan fingerprint density at radius 2 is 1.67 bits per heavy atom. The number of unbranched alkanes of at least 4 members (excludes halogenated alkanes) is 3. The lowest BCUT2D eigenvalue weighted by Gasteiger charge is -2.02. The van der Waals surface area contributed by atoms with E-state index >= 15 is 0 Å². The first-order valence-electron chi connectivity index (χ1n) is 7.29. The summed E-state index contributed by atoms with van der Waals surface area (Å²) >= 11 is 0. The molecule has 0 bridgehead atoms. The molecule has 0 unspecified atom stereocenters. The molecule has 2 rings (SSSR count). The van der Waals surface area contributed by atoms with Crippen molar-refractivity contribution in [3.05, 3.63) is 35.4 Å². The van der Waals surface area contributed by atoms with Gasteiger partial charge >= 0.3 is 0 Å². The van der Waals surface area contributed by atoms with Gasteiger partial charge in [-0.05, 0) is 30.4 Å². The lowest BCUT2D eigenvalue weighted by Crippen LogP contribution is -2.30. The summed E-state index contributed by atoms with van der Waals surface area (Å²) in [7, 11) is 0. The van der Waals surface area contributed by atoms with Gasteiger partial charge in [-0.15, -0.1) is 0 Å². The van der Waals surface area contributed by atoms with Gasteiger partial charge in [0.15, 0.2) is 11.9 Å². The highest BCUT2D eigenvalue weighted by molar-refractivity contribution is 5.75. The summed E-state index contributed by atoms with van der Waals surface area (Å²) in [6.07, 6.45) is 5.45. The predicted molar refractivity (Wildman–Crippen MR) is 88.3 cm³/mol. The van der Waals surface area contributed by atoms with Gasteiger partial charge in [-0.3, -0.25) is 10.4 Å². The van der Waals surface area contributed by atoms with E-state index < -0.39 is 0 Å². The number of aliphatic imine (C=N–C) groups is 1. The van der Waals surface area contributed by atoms with Gasteiger partial charge in [0.1, 0.15) is 0 Å². The lowest BCUT2D eigenvalue weighted by molar-refractivity contribution is 0.636. The van der Waals surface area contributed by atoms with E-state index in [1.807, 2.05) is 0 Å². The third-order valence-corrected chi connectivity index (χ3v) is 3.07. The van der Waals surface area contributed by atoms with Gasteiger partial charge in [0.05, 0.1) is 0 Å². The molecule has 0 radical (unpaired) electrons. The SMILES string of the molecule is N=C(N)NCCCCCCN=C(N)N.c1ccc2c(c1)C2. The summed E-state index contributed by atoms with van der Waals surface area (Å²) in [5.74, 6) is 0.189. The van der Waals surface area contributed by atoms with Crippen LogP contribution < -0.4 is 22.5 Å². The molecule has 0 heterocycles. The molecule has 0 aliphatic heterocycles. The van der Waals surface area contributed by atoms with E-state index in [0.717, 1.165) is 32.2 Å². The average molecular weight is 290 g/mol. The minimum Gasteiger partial charge on any atom is -0.370 e. The fourth-order valence-electron chi connectivity index (χ4n) is 1.86. The van der Waals surface area contributed by atoms with E-state index in [0.29, 0.717) is 6.54 Å². The van der Waals surface area contributed by atoms with Crippen LogP contribution in [0, 0.1) is 5.41 Å². The highest BCUT2D eigenvalue weighted by Crippen LogP contribution is 2.25. The maximum Gasteiger partial charge on any atom is 0.185 e. The largest absolute Gasteiger partial charge is 0.370 e. The maximum absolute atomic E-state index is 6.91. The Morgan fingerprint density at radius 1 is 1.05 bits per heavy atom. The summed E-state index contributed by atoms with van der Waals surface area (Å²) in [6.45, 7) is 1.46. The maximum atomic E-state index is 6.91. The van der Waals surface area contributed by atoms with Crippen molar-refractivity contribution in [2.45, 2.75) is 32.1 Å². The molecular formula is C15H26N6. The van der Waals surface area contributed by atoms with Crippen molar-refractivity contribution in [3.8, 4) is 0 Å². The molecule has 0 spiro atoms. The first kappa shape index (κ1) is 16.8. The molecule has 116 valence electrons. The van der Waals surface area contributed by atoms with E-state index in [1.165, 1.54) is 17.5 Å². The second-order valence-electron chi connectivity index (χ2n) is 5.01. The molecule has 21 heavy (non-hydrogen) atoms. The number of fused-ring (bicyclic) bond motifs is 1. The van der Waals surface area contributed by atoms with Crippen LogP contribution in [0.1, 0.15) is 36.8 Å². The molecule has 1 aromatic rings. The summed E-state index contributed by atoms with van der Waals surface area (Å²) in [5, 5.41) is 9.66. The minimum atomic E-state index is 0.0329. The molecular weight excluding hydrogens is 264 g/mol. The molecule has 8 N–H and O–H groups in total. The average Bonchev–Trinajstić information content (AvgIpc) is 3.21. The molecule has 1 aliphatic carbocycles. The van der Waals surface area contributed by atoms with E-state index in [1.54, 1.807) is 0 Å².